The molecule has 1 N–H and O–H groups in total. The van der Waals surface area contributed by atoms with Crippen LogP contribution < -0.4 is 0 Å². The van der Waals surface area contributed by atoms with E-state index in [2.05, 4.69) is 13.8 Å². The number of esters is 1. The van der Waals surface area contributed by atoms with E-state index in [9.17, 15) is 9.59 Å². The summed E-state index contributed by atoms with van der Waals surface area (Å²) in [5, 5.41) is 8.48. The maximum Gasteiger partial charge on any atom is 0.305 e. The molecular formula is C16H30O6. The van der Waals surface area contributed by atoms with E-state index in [0.29, 0.717) is 32.0 Å². The molecule has 0 aromatic rings. The Morgan fingerprint density at radius 1 is 0.864 bits per heavy atom. The van der Waals surface area contributed by atoms with Crippen molar-refractivity contribution < 1.29 is 28.9 Å². The minimum Gasteiger partial charge on any atom is -0.481 e. The highest BCUT2D eigenvalue weighted by atomic mass is 16.6. The zero-order valence-corrected chi connectivity index (χ0v) is 14.2. The molecule has 0 spiro atoms. The first-order chi connectivity index (χ1) is 10.3. The van der Waals surface area contributed by atoms with Crippen molar-refractivity contribution >= 4 is 11.9 Å². The van der Waals surface area contributed by atoms with Gasteiger partial charge in [-0.3, -0.25) is 9.59 Å². The summed E-state index contributed by atoms with van der Waals surface area (Å²) in [5.41, 5.74) is 0. The van der Waals surface area contributed by atoms with Crippen molar-refractivity contribution in [2.45, 2.75) is 65.6 Å². The summed E-state index contributed by atoms with van der Waals surface area (Å²) in [6.45, 7) is 9.33. The molecule has 2 unspecified atom stereocenters. The molecule has 2 atom stereocenters. The minimum absolute atomic E-state index is 0.0107. The molecule has 0 amide bonds. The van der Waals surface area contributed by atoms with Crippen molar-refractivity contribution in [1.82, 2.24) is 0 Å². The zero-order chi connectivity index (χ0) is 17.0. The Hall–Kier alpha value is -1.14. The maximum absolute atomic E-state index is 11.5. The van der Waals surface area contributed by atoms with Crippen molar-refractivity contribution in [1.29, 1.82) is 0 Å². The summed E-state index contributed by atoms with van der Waals surface area (Å²) in [4.78, 5) is 21.8. The number of carbonyl (C=O) groups excluding carboxylic acids is 1. The molecule has 6 heteroatoms. The summed E-state index contributed by atoms with van der Waals surface area (Å²) < 4.78 is 16.2. The molecule has 0 heterocycles. The highest BCUT2D eigenvalue weighted by molar-refractivity contribution is 5.69. The van der Waals surface area contributed by atoms with Crippen LogP contribution in [0.3, 0.4) is 0 Å². The molecule has 0 saturated heterocycles. The monoisotopic (exact) mass is 318 g/mol. The van der Waals surface area contributed by atoms with Crippen molar-refractivity contribution in [2.24, 2.45) is 5.92 Å². The predicted octanol–water partition coefficient (Wildman–Crippen LogP) is 2.64. The van der Waals surface area contributed by atoms with Gasteiger partial charge in [0.25, 0.3) is 0 Å². The second-order valence-electron chi connectivity index (χ2n) is 5.97. The van der Waals surface area contributed by atoms with Crippen LogP contribution in [0.15, 0.2) is 0 Å². The second kappa shape index (κ2) is 12.4. The van der Waals surface area contributed by atoms with Crippen LogP contribution in [0.4, 0.5) is 0 Å². The van der Waals surface area contributed by atoms with Crippen LogP contribution in [-0.4, -0.2) is 49.1 Å². The summed E-state index contributed by atoms with van der Waals surface area (Å²) in [6, 6.07) is 0. The topological polar surface area (TPSA) is 82.1 Å². The van der Waals surface area contributed by atoms with Crippen LogP contribution in [0.5, 0.6) is 0 Å². The highest BCUT2D eigenvalue weighted by Crippen LogP contribution is 2.04. The van der Waals surface area contributed by atoms with Gasteiger partial charge in [0.15, 0.2) is 0 Å². The number of unbranched alkanes of at least 4 members (excludes halogenated alkanes) is 1. The third-order valence-electron chi connectivity index (χ3n) is 2.83. The van der Waals surface area contributed by atoms with Crippen LogP contribution in [0.1, 0.15) is 53.4 Å². The van der Waals surface area contributed by atoms with E-state index in [4.69, 9.17) is 19.3 Å². The predicted molar refractivity (Wildman–Crippen MR) is 82.7 cm³/mol. The number of rotatable bonds is 13. The number of carbonyl (C=O) groups is 2. The first-order valence-corrected chi connectivity index (χ1v) is 7.91. The van der Waals surface area contributed by atoms with E-state index in [-0.39, 0.29) is 37.6 Å². The maximum atomic E-state index is 11.5. The average Bonchev–Trinajstić information content (AvgIpc) is 2.45. The summed E-state index contributed by atoms with van der Waals surface area (Å²) >= 11 is 0. The number of hydrogen-bond donors (Lipinski definition) is 1. The Morgan fingerprint density at radius 3 is 2.00 bits per heavy atom. The van der Waals surface area contributed by atoms with Crippen LogP contribution in [0.25, 0.3) is 0 Å². The van der Waals surface area contributed by atoms with Crippen molar-refractivity contribution in [3.8, 4) is 0 Å². The van der Waals surface area contributed by atoms with E-state index in [0.717, 1.165) is 0 Å². The lowest BCUT2D eigenvalue weighted by atomic mass is 10.2. The lowest BCUT2D eigenvalue weighted by Crippen LogP contribution is -2.25. The number of carboxylic acids is 1. The van der Waals surface area contributed by atoms with Gasteiger partial charge in [-0.25, -0.2) is 0 Å². The van der Waals surface area contributed by atoms with Gasteiger partial charge in [-0.15, -0.1) is 0 Å². The van der Waals surface area contributed by atoms with E-state index < -0.39 is 5.97 Å². The van der Waals surface area contributed by atoms with Crippen LogP contribution >= 0.6 is 0 Å². The minimum atomic E-state index is -0.843. The summed E-state index contributed by atoms with van der Waals surface area (Å²) in [7, 11) is 0. The second-order valence-corrected chi connectivity index (χ2v) is 5.97. The Kier molecular flexibility index (Phi) is 11.8. The average molecular weight is 318 g/mol. The largest absolute Gasteiger partial charge is 0.481 e. The van der Waals surface area contributed by atoms with Crippen molar-refractivity contribution in [3.05, 3.63) is 0 Å². The molecule has 0 rings (SSSR count). The van der Waals surface area contributed by atoms with E-state index >= 15 is 0 Å². The fourth-order valence-corrected chi connectivity index (χ4v) is 1.58. The highest BCUT2D eigenvalue weighted by Gasteiger charge is 2.11. The van der Waals surface area contributed by atoms with Crippen LogP contribution in [-0.2, 0) is 23.8 Å². The normalized spacial score (nSPS) is 13.9. The van der Waals surface area contributed by atoms with Gasteiger partial charge >= 0.3 is 11.9 Å². The van der Waals surface area contributed by atoms with Gasteiger partial charge in [-0.05, 0) is 32.6 Å². The molecule has 0 bridgehead atoms. The smallest absolute Gasteiger partial charge is 0.305 e. The molecular weight excluding hydrogens is 288 g/mol. The molecule has 130 valence electrons. The van der Waals surface area contributed by atoms with Gasteiger partial charge in [0, 0.05) is 19.4 Å². The first-order valence-electron chi connectivity index (χ1n) is 7.91. The molecule has 0 saturated carbocycles. The number of hydrogen-bond acceptors (Lipinski definition) is 5. The number of carboxylic acid groups (broad SMARTS) is 1. The molecule has 22 heavy (non-hydrogen) atoms. The van der Waals surface area contributed by atoms with E-state index in [1.165, 1.54) is 0 Å². The SMILES string of the molecule is CC(C)COC(C)COC(C)COC(=O)CCCCC(=O)O. The van der Waals surface area contributed by atoms with Gasteiger partial charge in [0.05, 0.1) is 18.8 Å². The summed E-state index contributed by atoms with van der Waals surface area (Å²) in [6.07, 6.45) is 1.17. The van der Waals surface area contributed by atoms with E-state index in [1.807, 2.05) is 13.8 Å². The first kappa shape index (κ1) is 20.9. The lowest BCUT2D eigenvalue weighted by molar-refractivity contribution is -0.149. The zero-order valence-electron chi connectivity index (χ0n) is 14.2. The van der Waals surface area contributed by atoms with Gasteiger partial charge in [0.2, 0.25) is 0 Å². The molecule has 0 aromatic carbocycles. The quantitative estimate of drug-likeness (QED) is 0.415. The molecule has 0 aliphatic rings. The third-order valence-corrected chi connectivity index (χ3v) is 2.83. The lowest BCUT2D eigenvalue weighted by Gasteiger charge is -2.18. The fourth-order valence-electron chi connectivity index (χ4n) is 1.58. The van der Waals surface area contributed by atoms with Crippen molar-refractivity contribution in [3.63, 3.8) is 0 Å². The number of aliphatic carboxylic acids is 1. The molecule has 0 fully saturated rings. The van der Waals surface area contributed by atoms with Crippen LogP contribution in [0, 0.1) is 5.92 Å². The molecule has 0 radical (unpaired) electrons. The van der Waals surface area contributed by atoms with E-state index in [1.54, 1.807) is 0 Å². The number of ether oxygens (including phenoxy) is 3. The Labute approximate surface area is 133 Å². The van der Waals surface area contributed by atoms with Crippen molar-refractivity contribution in [2.75, 3.05) is 19.8 Å². The molecule has 0 aliphatic carbocycles. The van der Waals surface area contributed by atoms with Gasteiger partial charge in [0.1, 0.15) is 6.61 Å². The fraction of sp³-hybridized carbons (Fsp3) is 0.875. The Bertz CT molecular complexity index is 316. The Balaban J connectivity index is 3.60. The van der Waals surface area contributed by atoms with Gasteiger partial charge in [-0.1, -0.05) is 13.8 Å². The summed E-state index contributed by atoms with van der Waals surface area (Å²) in [5.74, 6) is -0.670. The molecule has 6 nitrogen and oxygen atoms in total. The Morgan fingerprint density at radius 2 is 1.41 bits per heavy atom. The molecule has 0 aliphatic heterocycles. The van der Waals surface area contributed by atoms with Crippen LogP contribution in [0.2, 0.25) is 0 Å². The standard InChI is InChI=1S/C16H30O6/c1-12(2)9-20-13(3)10-21-14(4)11-22-16(19)8-6-5-7-15(17)18/h12-14H,5-11H2,1-4H3,(H,17,18). The third kappa shape index (κ3) is 13.8. The molecule has 0 aromatic heterocycles. The van der Waals surface area contributed by atoms with Gasteiger partial charge < -0.3 is 19.3 Å². The van der Waals surface area contributed by atoms with Gasteiger partial charge in [-0.2, -0.15) is 0 Å².